The molecule has 5 heteroatoms. The maximum absolute atomic E-state index is 11.6. The third kappa shape index (κ3) is 11.7. The number of rotatable bonds is 11. The number of hydrogen-bond acceptors (Lipinski definition) is 3. The number of unbranched alkanes of at least 4 members (excludes halogenated alkanes) is 3. The summed E-state index contributed by atoms with van der Waals surface area (Å²) in [6, 6.07) is -0.161. The predicted octanol–water partition coefficient (Wildman–Crippen LogP) is 1.35. The molecule has 5 nitrogen and oxygen atoms in total. The molecular weight excluding hydrogens is 244 g/mol. The van der Waals surface area contributed by atoms with Gasteiger partial charge < -0.3 is 15.7 Å². The van der Waals surface area contributed by atoms with Crippen LogP contribution in [0, 0.1) is 0 Å². The first-order chi connectivity index (χ1) is 9.10. The van der Waals surface area contributed by atoms with E-state index in [1.54, 1.807) is 0 Å². The summed E-state index contributed by atoms with van der Waals surface area (Å²) in [4.78, 5) is 22.2. The van der Waals surface area contributed by atoms with Gasteiger partial charge in [0, 0.05) is 19.9 Å². The van der Waals surface area contributed by atoms with E-state index >= 15 is 0 Å². The smallest absolute Gasteiger partial charge is 0.220 e. The van der Waals surface area contributed by atoms with Crippen molar-refractivity contribution in [2.75, 3.05) is 13.2 Å². The number of aliphatic hydroxyl groups is 1. The lowest BCUT2D eigenvalue weighted by molar-refractivity contribution is -0.122. The molecule has 2 amide bonds. The molecule has 0 fully saturated rings. The molecule has 0 aromatic heterocycles. The lowest BCUT2D eigenvalue weighted by atomic mass is 10.1. The number of carbonyl (C=O) groups excluding carboxylic acids is 2. The van der Waals surface area contributed by atoms with Gasteiger partial charge in [0.25, 0.3) is 0 Å². The number of hydrogen-bond donors (Lipinski definition) is 3. The van der Waals surface area contributed by atoms with Crippen molar-refractivity contribution in [3.63, 3.8) is 0 Å². The largest absolute Gasteiger partial charge is 0.394 e. The first-order valence-electron chi connectivity index (χ1n) is 7.24. The Morgan fingerprint density at radius 3 is 2.47 bits per heavy atom. The third-order valence-corrected chi connectivity index (χ3v) is 2.95. The molecule has 112 valence electrons. The Hall–Kier alpha value is -1.10. The van der Waals surface area contributed by atoms with Crippen LogP contribution in [0.1, 0.15) is 58.8 Å². The molecule has 1 atom stereocenters. The Balaban J connectivity index is 3.64. The summed E-state index contributed by atoms with van der Waals surface area (Å²) in [6.07, 6.45) is 6.09. The van der Waals surface area contributed by atoms with Crippen LogP contribution in [0.25, 0.3) is 0 Å². The van der Waals surface area contributed by atoms with Gasteiger partial charge in [-0.05, 0) is 25.7 Å². The van der Waals surface area contributed by atoms with E-state index in [4.69, 9.17) is 0 Å². The molecule has 0 bridgehead atoms. The fourth-order valence-electron chi connectivity index (χ4n) is 1.82. The summed E-state index contributed by atoms with van der Waals surface area (Å²) in [5.41, 5.74) is 0. The van der Waals surface area contributed by atoms with Crippen LogP contribution < -0.4 is 10.6 Å². The average Bonchev–Trinajstić information content (AvgIpc) is 2.37. The number of nitrogens with one attached hydrogen (secondary N) is 2. The van der Waals surface area contributed by atoms with Gasteiger partial charge >= 0.3 is 0 Å². The zero-order chi connectivity index (χ0) is 14.5. The average molecular weight is 272 g/mol. The minimum absolute atomic E-state index is 0.0226. The Morgan fingerprint density at radius 1 is 1.16 bits per heavy atom. The third-order valence-electron chi connectivity index (χ3n) is 2.95. The second-order valence-corrected chi connectivity index (χ2v) is 4.88. The van der Waals surface area contributed by atoms with Crippen molar-refractivity contribution in [3.05, 3.63) is 0 Å². The van der Waals surface area contributed by atoms with Crippen molar-refractivity contribution >= 4 is 11.8 Å². The van der Waals surface area contributed by atoms with Crippen LogP contribution in [0.2, 0.25) is 0 Å². The molecule has 0 aromatic rings. The van der Waals surface area contributed by atoms with Gasteiger partial charge in [-0.3, -0.25) is 9.59 Å². The van der Waals surface area contributed by atoms with Crippen LogP contribution in [-0.2, 0) is 9.59 Å². The second-order valence-electron chi connectivity index (χ2n) is 4.88. The highest BCUT2D eigenvalue weighted by Crippen LogP contribution is 2.03. The van der Waals surface area contributed by atoms with Crippen molar-refractivity contribution in [3.8, 4) is 0 Å². The Labute approximate surface area is 116 Å². The summed E-state index contributed by atoms with van der Waals surface area (Å²) < 4.78 is 0. The molecule has 0 aromatic carbocycles. The van der Waals surface area contributed by atoms with E-state index in [0.29, 0.717) is 13.0 Å². The quantitative estimate of drug-likeness (QED) is 0.497. The highest BCUT2D eigenvalue weighted by Gasteiger charge is 2.10. The van der Waals surface area contributed by atoms with E-state index in [0.717, 1.165) is 38.5 Å². The Morgan fingerprint density at radius 2 is 1.89 bits per heavy atom. The summed E-state index contributed by atoms with van der Waals surface area (Å²) in [5, 5.41) is 14.8. The highest BCUT2D eigenvalue weighted by molar-refractivity contribution is 5.76. The van der Waals surface area contributed by atoms with Crippen molar-refractivity contribution in [1.29, 1.82) is 0 Å². The van der Waals surface area contributed by atoms with Gasteiger partial charge in [-0.25, -0.2) is 0 Å². The Kier molecular flexibility index (Phi) is 11.3. The van der Waals surface area contributed by atoms with Crippen molar-refractivity contribution in [2.24, 2.45) is 0 Å². The molecule has 0 aliphatic heterocycles. The Bertz CT molecular complexity index is 257. The minimum Gasteiger partial charge on any atom is -0.394 e. The molecule has 0 rings (SSSR count). The van der Waals surface area contributed by atoms with Gasteiger partial charge in [0.1, 0.15) is 0 Å². The van der Waals surface area contributed by atoms with Crippen molar-refractivity contribution in [1.82, 2.24) is 10.6 Å². The van der Waals surface area contributed by atoms with Crippen LogP contribution >= 0.6 is 0 Å². The van der Waals surface area contributed by atoms with E-state index < -0.39 is 0 Å². The number of aliphatic hydroxyl groups excluding tert-OH is 1. The molecule has 0 saturated heterocycles. The lowest BCUT2D eigenvalue weighted by Crippen LogP contribution is -2.37. The van der Waals surface area contributed by atoms with Gasteiger partial charge in [0.15, 0.2) is 0 Å². The topological polar surface area (TPSA) is 78.4 Å². The molecule has 3 N–H and O–H groups in total. The summed E-state index contributed by atoms with van der Waals surface area (Å²) in [5.74, 6) is -0.00250. The molecule has 1 unspecified atom stereocenters. The van der Waals surface area contributed by atoms with E-state index in [1.165, 1.54) is 6.92 Å². The molecule has 0 aliphatic rings. The summed E-state index contributed by atoms with van der Waals surface area (Å²) in [6.45, 7) is 4.22. The lowest BCUT2D eigenvalue weighted by Gasteiger charge is -2.16. The number of amides is 2. The van der Waals surface area contributed by atoms with Gasteiger partial charge in [-0.2, -0.15) is 0 Å². The van der Waals surface area contributed by atoms with E-state index in [9.17, 15) is 14.7 Å². The first kappa shape index (κ1) is 17.9. The van der Waals surface area contributed by atoms with Gasteiger partial charge in [0.05, 0.1) is 12.6 Å². The first-order valence-corrected chi connectivity index (χ1v) is 7.24. The van der Waals surface area contributed by atoms with Crippen LogP contribution in [0.5, 0.6) is 0 Å². The van der Waals surface area contributed by atoms with Crippen LogP contribution in [0.3, 0.4) is 0 Å². The zero-order valence-corrected chi connectivity index (χ0v) is 12.2. The molecular formula is C14H28N2O3. The fourth-order valence-corrected chi connectivity index (χ4v) is 1.82. The molecule has 0 radical (unpaired) electrons. The standard InChI is InChI=1S/C14H28N2O3/c1-3-4-5-9-14(19)16-13(11-17)8-6-7-10-15-12(2)18/h13,17H,3-11H2,1-2H3,(H,15,18)(H,16,19). The predicted molar refractivity (Wildman–Crippen MR) is 75.7 cm³/mol. The molecule has 0 saturated carbocycles. The molecule has 0 aliphatic carbocycles. The van der Waals surface area contributed by atoms with Crippen LogP contribution in [-0.4, -0.2) is 36.1 Å². The second kappa shape index (κ2) is 12.0. The fraction of sp³-hybridized carbons (Fsp3) is 0.857. The summed E-state index contributed by atoms with van der Waals surface area (Å²) >= 11 is 0. The molecule has 0 spiro atoms. The zero-order valence-electron chi connectivity index (χ0n) is 12.2. The SMILES string of the molecule is CCCCCC(=O)NC(CO)CCCCNC(C)=O. The van der Waals surface area contributed by atoms with E-state index in [2.05, 4.69) is 17.6 Å². The number of carbonyl (C=O) groups is 2. The van der Waals surface area contributed by atoms with Gasteiger partial charge in [-0.15, -0.1) is 0 Å². The molecule has 19 heavy (non-hydrogen) atoms. The van der Waals surface area contributed by atoms with Crippen molar-refractivity contribution in [2.45, 2.75) is 64.8 Å². The van der Waals surface area contributed by atoms with Gasteiger partial charge in [0.2, 0.25) is 11.8 Å². The van der Waals surface area contributed by atoms with E-state index in [-0.39, 0.29) is 24.5 Å². The monoisotopic (exact) mass is 272 g/mol. The summed E-state index contributed by atoms with van der Waals surface area (Å²) in [7, 11) is 0. The maximum atomic E-state index is 11.6. The minimum atomic E-state index is -0.161. The van der Waals surface area contributed by atoms with E-state index in [1.807, 2.05) is 0 Å². The van der Waals surface area contributed by atoms with Crippen LogP contribution in [0.15, 0.2) is 0 Å². The van der Waals surface area contributed by atoms with Crippen molar-refractivity contribution < 1.29 is 14.7 Å². The highest BCUT2D eigenvalue weighted by atomic mass is 16.3. The molecule has 0 heterocycles. The normalized spacial score (nSPS) is 11.9. The van der Waals surface area contributed by atoms with Crippen LogP contribution in [0.4, 0.5) is 0 Å². The van der Waals surface area contributed by atoms with Gasteiger partial charge in [-0.1, -0.05) is 19.8 Å². The maximum Gasteiger partial charge on any atom is 0.220 e.